The fraction of sp³-hybridized carbons (Fsp3) is 0.304. The molecule has 4 heteroatoms. The zero-order chi connectivity index (χ0) is 18.8. The van der Waals surface area contributed by atoms with Gasteiger partial charge in [-0.05, 0) is 62.4 Å². The number of carbonyl (C=O) groups excluding carboxylic acids is 1. The monoisotopic (exact) mass is 359 g/mol. The molecule has 0 saturated carbocycles. The van der Waals surface area contributed by atoms with Gasteiger partial charge in [0.25, 0.3) is 0 Å². The second-order valence-corrected chi connectivity index (χ2v) is 7.17. The molecule has 0 saturated heterocycles. The molecule has 27 heavy (non-hydrogen) atoms. The fourth-order valence-corrected chi connectivity index (χ4v) is 4.02. The second kappa shape index (κ2) is 7.39. The van der Waals surface area contributed by atoms with Gasteiger partial charge in [-0.3, -0.25) is 4.79 Å². The van der Waals surface area contributed by atoms with Gasteiger partial charge in [0.05, 0.1) is 11.4 Å². The average Bonchev–Trinajstić information content (AvgIpc) is 3.00. The Balaban J connectivity index is 1.52. The number of amides is 1. The van der Waals surface area contributed by atoms with Crippen molar-refractivity contribution in [1.82, 2.24) is 9.78 Å². The Morgan fingerprint density at radius 3 is 2.59 bits per heavy atom. The molecule has 4 rings (SSSR count). The minimum Gasteiger partial charge on any atom is -0.312 e. The van der Waals surface area contributed by atoms with Crippen LogP contribution in [-0.4, -0.2) is 22.2 Å². The lowest BCUT2D eigenvalue weighted by Crippen LogP contribution is -2.35. The Hall–Kier alpha value is -2.88. The van der Waals surface area contributed by atoms with Crippen molar-refractivity contribution < 1.29 is 4.79 Å². The molecule has 1 aromatic heterocycles. The molecule has 4 nitrogen and oxygen atoms in total. The predicted octanol–water partition coefficient (Wildman–Crippen LogP) is 4.40. The maximum absolute atomic E-state index is 12.9. The summed E-state index contributed by atoms with van der Waals surface area (Å²) >= 11 is 0. The van der Waals surface area contributed by atoms with Gasteiger partial charge in [-0.1, -0.05) is 36.4 Å². The third kappa shape index (κ3) is 3.39. The van der Waals surface area contributed by atoms with Gasteiger partial charge in [0.2, 0.25) is 5.91 Å². The Morgan fingerprint density at radius 2 is 1.78 bits per heavy atom. The van der Waals surface area contributed by atoms with E-state index in [0.717, 1.165) is 48.6 Å². The Morgan fingerprint density at radius 1 is 1.04 bits per heavy atom. The van der Waals surface area contributed by atoms with Crippen LogP contribution in [0.2, 0.25) is 0 Å². The summed E-state index contributed by atoms with van der Waals surface area (Å²) in [6.45, 7) is 4.93. The number of para-hydroxylation sites is 2. The summed E-state index contributed by atoms with van der Waals surface area (Å²) in [6, 6.07) is 18.4. The molecule has 0 bridgehead atoms. The number of aryl methyl sites for hydroxylation is 2. The molecule has 0 radical (unpaired) electrons. The highest BCUT2D eigenvalue weighted by molar-refractivity contribution is 5.94. The number of hydrogen-bond donors (Lipinski definition) is 0. The van der Waals surface area contributed by atoms with Crippen LogP contribution in [0.5, 0.6) is 0 Å². The van der Waals surface area contributed by atoms with Crippen molar-refractivity contribution in [3.05, 3.63) is 77.1 Å². The molecule has 2 aromatic carbocycles. The maximum atomic E-state index is 12.9. The average molecular weight is 359 g/mol. The van der Waals surface area contributed by atoms with Gasteiger partial charge < -0.3 is 4.90 Å². The second-order valence-electron chi connectivity index (χ2n) is 7.17. The molecule has 1 aliphatic heterocycles. The van der Waals surface area contributed by atoms with E-state index in [-0.39, 0.29) is 5.91 Å². The van der Waals surface area contributed by atoms with Crippen LogP contribution in [0.4, 0.5) is 5.69 Å². The van der Waals surface area contributed by atoms with Crippen LogP contribution in [0.3, 0.4) is 0 Å². The van der Waals surface area contributed by atoms with E-state index in [2.05, 4.69) is 37.3 Å². The van der Waals surface area contributed by atoms with Gasteiger partial charge >= 0.3 is 0 Å². The smallest absolute Gasteiger partial charge is 0.227 e. The van der Waals surface area contributed by atoms with E-state index in [0.29, 0.717) is 6.42 Å². The molecular weight excluding hydrogens is 334 g/mol. The van der Waals surface area contributed by atoms with E-state index in [1.165, 1.54) is 11.1 Å². The molecule has 0 unspecified atom stereocenters. The first-order valence-electron chi connectivity index (χ1n) is 9.64. The van der Waals surface area contributed by atoms with E-state index in [1.54, 1.807) is 0 Å². The number of fused-ring (bicyclic) bond motifs is 1. The van der Waals surface area contributed by atoms with E-state index in [9.17, 15) is 4.79 Å². The molecule has 0 fully saturated rings. The van der Waals surface area contributed by atoms with E-state index in [1.807, 2.05) is 40.8 Å². The summed E-state index contributed by atoms with van der Waals surface area (Å²) in [4.78, 5) is 14.9. The molecule has 2 heterocycles. The molecule has 0 aliphatic carbocycles. The Kier molecular flexibility index (Phi) is 4.80. The first-order valence-corrected chi connectivity index (χ1v) is 9.64. The number of benzene rings is 2. The van der Waals surface area contributed by atoms with Gasteiger partial charge in [0.1, 0.15) is 0 Å². The van der Waals surface area contributed by atoms with Crippen molar-refractivity contribution in [2.24, 2.45) is 0 Å². The Labute approximate surface area is 160 Å². The lowest BCUT2D eigenvalue weighted by atomic mass is 10.0. The minimum atomic E-state index is 0.202. The highest BCUT2D eigenvalue weighted by Crippen LogP contribution is 2.28. The molecule has 0 atom stereocenters. The topological polar surface area (TPSA) is 38.1 Å². The summed E-state index contributed by atoms with van der Waals surface area (Å²) < 4.78 is 1.98. The fourth-order valence-electron chi connectivity index (χ4n) is 4.02. The zero-order valence-electron chi connectivity index (χ0n) is 16.0. The van der Waals surface area contributed by atoms with Gasteiger partial charge in [-0.25, -0.2) is 4.68 Å². The summed E-state index contributed by atoms with van der Waals surface area (Å²) in [6.07, 6.45) is 3.33. The number of hydrogen-bond acceptors (Lipinski definition) is 2. The summed E-state index contributed by atoms with van der Waals surface area (Å²) in [5.74, 6) is 0.202. The quantitative estimate of drug-likeness (QED) is 0.692. The lowest BCUT2D eigenvalue weighted by Gasteiger charge is -2.29. The number of anilines is 1. The van der Waals surface area contributed by atoms with E-state index in [4.69, 9.17) is 5.10 Å². The molecular formula is C23H25N3O. The number of aromatic nitrogens is 2. The van der Waals surface area contributed by atoms with Crippen LogP contribution in [0.25, 0.3) is 5.69 Å². The van der Waals surface area contributed by atoms with Crippen LogP contribution in [0.15, 0.2) is 54.6 Å². The third-order valence-electron chi connectivity index (χ3n) is 5.44. The first kappa shape index (κ1) is 17.5. The summed E-state index contributed by atoms with van der Waals surface area (Å²) in [5.41, 5.74) is 6.72. The largest absolute Gasteiger partial charge is 0.312 e. The number of rotatable bonds is 4. The van der Waals surface area contributed by atoms with E-state index >= 15 is 0 Å². The number of nitrogens with zero attached hydrogens (tertiary/aromatic N) is 3. The maximum Gasteiger partial charge on any atom is 0.227 e. The lowest BCUT2D eigenvalue weighted by molar-refractivity contribution is -0.118. The van der Waals surface area contributed by atoms with Gasteiger partial charge in [0.15, 0.2) is 0 Å². The zero-order valence-corrected chi connectivity index (χ0v) is 16.0. The van der Waals surface area contributed by atoms with Crippen LogP contribution in [-0.2, 0) is 17.6 Å². The molecule has 1 aliphatic rings. The molecule has 3 aromatic rings. The van der Waals surface area contributed by atoms with Crippen molar-refractivity contribution in [3.8, 4) is 5.69 Å². The SMILES string of the molecule is Cc1nn(-c2ccccc2)c(C)c1CCC(=O)N1CCCc2ccccc21. The number of carbonyl (C=O) groups is 1. The van der Waals surface area contributed by atoms with Crippen molar-refractivity contribution in [2.75, 3.05) is 11.4 Å². The third-order valence-corrected chi connectivity index (χ3v) is 5.44. The molecule has 1 amide bonds. The minimum absolute atomic E-state index is 0.202. The van der Waals surface area contributed by atoms with Crippen molar-refractivity contribution in [3.63, 3.8) is 0 Å². The van der Waals surface area contributed by atoms with Gasteiger partial charge in [-0.15, -0.1) is 0 Å². The molecule has 0 spiro atoms. The summed E-state index contributed by atoms with van der Waals surface area (Å²) in [5, 5.41) is 4.70. The predicted molar refractivity (Wildman–Crippen MR) is 108 cm³/mol. The van der Waals surface area contributed by atoms with Crippen LogP contribution < -0.4 is 4.90 Å². The van der Waals surface area contributed by atoms with Gasteiger partial charge in [-0.2, -0.15) is 5.10 Å². The van der Waals surface area contributed by atoms with Gasteiger partial charge in [0, 0.05) is 24.3 Å². The first-order chi connectivity index (χ1) is 13.1. The van der Waals surface area contributed by atoms with Crippen LogP contribution >= 0.6 is 0 Å². The van der Waals surface area contributed by atoms with Crippen LogP contribution in [0, 0.1) is 13.8 Å². The highest BCUT2D eigenvalue weighted by Gasteiger charge is 2.23. The van der Waals surface area contributed by atoms with Crippen molar-refractivity contribution in [2.45, 2.75) is 39.5 Å². The molecule has 0 N–H and O–H groups in total. The highest BCUT2D eigenvalue weighted by atomic mass is 16.2. The van der Waals surface area contributed by atoms with Crippen LogP contribution in [0.1, 0.15) is 35.4 Å². The van der Waals surface area contributed by atoms with E-state index < -0.39 is 0 Å². The van der Waals surface area contributed by atoms with Crippen molar-refractivity contribution in [1.29, 1.82) is 0 Å². The Bertz CT molecular complexity index is 959. The standard InChI is InChI=1S/C23H25N3O/c1-17-21(18(2)26(24-17)20-11-4-3-5-12-20)14-15-23(27)25-16-8-10-19-9-6-7-13-22(19)25/h3-7,9,11-13H,8,10,14-16H2,1-2H3. The van der Waals surface area contributed by atoms with Crippen molar-refractivity contribution >= 4 is 11.6 Å². The normalized spacial score (nSPS) is 13.5. The molecule has 138 valence electrons. The summed E-state index contributed by atoms with van der Waals surface area (Å²) in [7, 11) is 0.